The monoisotopic (exact) mass is 186 g/mol. The highest BCUT2D eigenvalue weighted by Crippen LogP contribution is 2.51. The second kappa shape index (κ2) is 3.15. The van der Waals surface area contributed by atoms with Crippen molar-refractivity contribution in [2.75, 3.05) is 0 Å². The standard InChI is InChI=1S/C13H14O/c1-13(2)11(12(13)14)9-8-10-6-4-3-5-7-10/h3-7,11-12,14H,1-2H3. The van der Waals surface area contributed by atoms with Gasteiger partial charge in [0, 0.05) is 11.0 Å². The number of hydrogen-bond acceptors (Lipinski definition) is 1. The number of rotatable bonds is 0. The van der Waals surface area contributed by atoms with Crippen molar-refractivity contribution in [1.82, 2.24) is 0 Å². The number of aliphatic hydroxyl groups is 1. The SMILES string of the molecule is CC1(C)C(O)C1C#Cc1ccccc1. The van der Waals surface area contributed by atoms with Gasteiger partial charge in [-0.2, -0.15) is 0 Å². The number of aliphatic hydroxyl groups excluding tert-OH is 1. The molecule has 0 heterocycles. The maximum atomic E-state index is 9.53. The Bertz CT molecular complexity index is 381. The van der Waals surface area contributed by atoms with Crippen LogP contribution in [0.2, 0.25) is 0 Å². The minimum absolute atomic E-state index is 0.0121. The van der Waals surface area contributed by atoms with Gasteiger partial charge in [-0.05, 0) is 12.1 Å². The molecule has 0 bridgehead atoms. The Morgan fingerprint density at radius 2 is 1.79 bits per heavy atom. The molecule has 0 aromatic heterocycles. The van der Waals surface area contributed by atoms with Crippen LogP contribution in [0.25, 0.3) is 0 Å². The Morgan fingerprint density at radius 1 is 1.21 bits per heavy atom. The molecule has 1 N–H and O–H groups in total. The largest absolute Gasteiger partial charge is 0.391 e. The lowest BCUT2D eigenvalue weighted by atomic mass is 10.1. The summed E-state index contributed by atoms with van der Waals surface area (Å²) in [4.78, 5) is 0. The van der Waals surface area contributed by atoms with Crippen LogP contribution in [0.5, 0.6) is 0 Å². The van der Waals surface area contributed by atoms with E-state index in [-0.39, 0.29) is 17.4 Å². The van der Waals surface area contributed by atoms with E-state index in [1.165, 1.54) is 0 Å². The molecule has 0 saturated heterocycles. The first-order valence-corrected chi connectivity index (χ1v) is 4.87. The normalized spacial score (nSPS) is 27.6. The summed E-state index contributed by atoms with van der Waals surface area (Å²) in [6.07, 6.45) is -0.251. The van der Waals surface area contributed by atoms with Crippen molar-refractivity contribution in [3.05, 3.63) is 35.9 Å². The van der Waals surface area contributed by atoms with E-state index in [0.717, 1.165) is 5.56 Å². The molecular weight excluding hydrogens is 172 g/mol. The fourth-order valence-electron chi connectivity index (χ4n) is 1.56. The Balaban J connectivity index is 2.10. The highest BCUT2D eigenvalue weighted by atomic mass is 16.3. The molecule has 2 unspecified atom stereocenters. The van der Waals surface area contributed by atoms with Crippen LogP contribution in [0.4, 0.5) is 0 Å². The molecule has 2 atom stereocenters. The van der Waals surface area contributed by atoms with E-state index in [1.54, 1.807) is 0 Å². The average Bonchev–Trinajstić information content (AvgIpc) is 2.65. The summed E-state index contributed by atoms with van der Waals surface area (Å²) >= 11 is 0. The Labute approximate surface area is 84.8 Å². The van der Waals surface area contributed by atoms with E-state index < -0.39 is 0 Å². The molecule has 0 amide bonds. The molecule has 1 aromatic rings. The molecular formula is C13H14O. The minimum atomic E-state index is -0.251. The number of hydrogen-bond donors (Lipinski definition) is 1. The van der Waals surface area contributed by atoms with Gasteiger partial charge in [-0.3, -0.25) is 0 Å². The average molecular weight is 186 g/mol. The van der Waals surface area contributed by atoms with Crippen LogP contribution >= 0.6 is 0 Å². The highest BCUT2D eigenvalue weighted by molar-refractivity contribution is 5.37. The van der Waals surface area contributed by atoms with E-state index in [2.05, 4.69) is 11.8 Å². The molecule has 1 aliphatic rings. The van der Waals surface area contributed by atoms with Crippen LogP contribution in [0.3, 0.4) is 0 Å². The molecule has 2 rings (SSSR count). The van der Waals surface area contributed by atoms with Gasteiger partial charge in [-0.25, -0.2) is 0 Å². The summed E-state index contributed by atoms with van der Waals surface area (Å²) < 4.78 is 0. The van der Waals surface area contributed by atoms with Crippen molar-refractivity contribution in [2.24, 2.45) is 11.3 Å². The van der Waals surface area contributed by atoms with Gasteiger partial charge in [0.1, 0.15) is 0 Å². The molecule has 1 saturated carbocycles. The maximum Gasteiger partial charge on any atom is 0.0747 e. The third-order valence-corrected chi connectivity index (χ3v) is 2.92. The quantitative estimate of drug-likeness (QED) is 0.615. The predicted molar refractivity (Wildman–Crippen MR) is 56.6 cm³/mol. The molecule has 14 heavy (non-hydrogen) atoms. The highest BCUT2D eigenvalue weighted by Gasteiger charge is 2.56. The molecule has 1 nitrogen and oxygen atoms in total. The van der Waals surface area contributed by atoms with Gasteiger partial charge in [-0.1, -0.05) is 43.9 Å². The summed E-state index contributed by atoms with van der Waals surface area (Å²) in [6, 6.07) is 9.88. The summed E-state index contributed by atoms with van der Waals surface area (Å²) in [5.41, 5.74) is 1.00. The van der Waals surface area contributed by atoms with E-state index in [9.17, 15) is 5.11 Å². The molecule has 1 aliphatic carbocycles. The van der Waals surface area contributed by atoms with E-state index >= 15 is 0 Å². The van der Waals surface area contributed by atoms with Crippen molar-refractivity contribution >= 4 is 0 Å². The van der Waals surface area contributed by atoms with Gasteiger partial charge in [0.25, 0.3) is 0 Å². The van der Waals surface area contributed by atoms with Gasteiger partial charge in [0.05, 0.1) is 12.0 Å². The van der Waals surface area contributed by atoms with Gasteiger partial charge >= 0.3 is 0 Å². The smallest absolute Gasteiger partial charge is 0.0747 e. The number of benzene rings is 1. The molecule has 72 valence electrons. The topological polar surface area (TPSA) is 20.2 Å². The van der Waals surface area contributed by atoms with Crippen molar-refractivity contribution in [2.45, 2.75) is 20.0 Å². The van der Waals surface area contributed by atoms with Crippen molar-refractivity contribution in [3.63, 3.8) is 0 Å². The van der Waals surface area contributed by atoms with Crippen LogP contribution < -0.4 is 0 Å². The van der Waals surface area contributed by atoms with Crippen LogP contribution in [-0.2, 0) is 0 Å². The van der Waals surface area contributed by atoms with E-state index in [4.69, 9.17) is 0 Å². The molecule has 1 aromatic carbocycles. The first kappa shape index (κ1) is 9.30. The molecule has 1 heteroatoms. The zero-order chi connectivity index (χ0) is 10.2. The summed E-state index contributed by atoms with van der Waals surface area (Å²) in [7, 11) is 0. The minimum Gasteiger partial charge on any atom is -0.391 e. The second-order valence-electron chi connectivity index (χ2n) is 4.38. The lowest BCUT2D eigenvalue weighted by Gasteiger charge is -1.93. The fourth-order valence-corrected chi connectivity index (χ4v) is 1.56. The molecule has 0 spiro atoms. The van der Waals surface area contributed by atoms with Gasteiger partial charge in [-0.15, -0.1) is 0 Å². The van der Waals surface area contributed by atoms with Crippen molar-refractivity contribution in [1.29, 1.82) is 0 Å². The summed E-state index contributed by atoms with van der Waals surface area (Å²) in [5, 5.41) is 9.53. The zero-order valence-electron chi connectivity index (χ0n) is 8.49. The second-order valence-corrected chi connectivity index (χ2v) is 4.38. The third-order valence-electron chi connectivity index (χ3n) is 2.92. The Hall–Kier alpha value is -1.26. The van der Waals surface area contributed by atoms with Crippen molar-refractivity contribution < 1.29 is 5.11 Å². The zero-order valence-corrected chi connectivity index (χ0v) is 8.49. The molecule has 0 aliphatic heterocycles. The van der Waals surface area contributed by atoms with Gasteiger partial charge < -0.3 is 5.11 Å². The van der Waals surface area contributed by atoms with Gasteiger partial charge in [0.15, 0.2) is 0 Å². The summed E-state index contributed by atoms with van der Waals surface area (Å²) in [5.74, 6) is 6.34. The van der Waals surface area contributed by atoms with Crippen LogP contribution in [-0.4, -0.2) is 11.2 Å². The molecule has 1 fully saturated rings. The van der Waals surface area contributed by atoms with Crippen LogP contribution in [0.15, 0.2) is 30.3 Å². The molecule has 0 radical (unpaired) electrons. The van der Waals surface area contributed by atoms with Crippen molar-refractivity contribution in [3.8, 4) is 11.8 Å². The van der Waals surface area contributed by atoms with Crippen LogP contribution in [0, 0.1) is 23.2 Å². The lowest BCUT2D eigenvalue weighted by Crippen LogP contribution is -1.91. The third kappa shape index (κ3) is 1.54. The predicted octanol–water partition coefficient (Wildman–Crippen LogP) is 2.05. The Morgan fingerprint density at radius 3 is 2.29 bits per heavy atom. The van der Waals surface area contributed by atoms with Gasteiger partial charge in [0.2, 0.25) is 0 Å². The maximum absolute atomic E-state index is 9.53. The lowest BCUT2D eigenvalue weighted by molar-refractivity contribution is 0.233. The first-order valence-electron chi connectivity index (χ1n) is 4.87. The van der Waals surface area contributed by atoms with E-state index in [1.807, 2.05) is 44.2 Å². The van der Waals surface area contributed by atoms with Crippen LogP contribution in [0.1, 0.15) is 19.4 Å². The first-order chi connectivity index (χ1) is 6.62. The summed E-state index contributed by atoms with van der Waals surface area (Å²) in [6.45, 7) is 4.09. The van der Waals surface area contributed by atoms with E-state index in [0.29, 0.717) is 0 Å². The fraction of sp³-hybridized carbons (Fsp3) is 0.385. The Kier molecular flexibility index (Phi) is 2.09.